The summed E-state index contributed by atoms with van der Waals surface area (Å²) in [7, 11) is 0. The molecule has 4 aromatic rings. The highest BCUT2D eigenvalue weighted by atomic mass is 16.7. The first-order valence-electron chi connectivity index (χ1n) is 11.0. The van der Waals surface area contributed by atoms with Crippen molar-refractivity contribution >= 4 is 45.2 Å². The van der Waals surface area contributed by atoms with E-state index in [0.717, 1.165) is 27.5 Å². The van der Waals surface area contributed by atoms with E-state index in [-0.39, 0.29) is 11.7 Å². The van der Waals surface area contributed by atoms with Gasteiger partial charge in [0.15, 0.2) is 11.5 Å². The van der Waals surface area contributed by atoms with Gasteiger partial charge < -0.3 is 14.1 Å². The second kappa shape index (κ2) is 7.95. The first-order chi connectivity index (χ1) is 16.3. The molecule has 0 saturated carbocycles. The Kier molecular flexibility index (Phi) is 5.05. The Balaban J connectivity index is 1.74. The molecule has 170 valence electrons. The molecule has 0 radical (unpaired) electrons. The summed E-state index contributed by atoms with van der Waals surface area (Å²) in [5.41, 5.74) is 5.20. The number of hydrogen-bond acceptors (Lipinski definition) is 6. The van der Waals surface area contributed by atoms with Crippen molar-refractivity contribution in [2.24, 2.45) is 5.16 Å². The summed E-state index contributed by atoms with van der Waals surface area (Å²) in [5, 5.41) is 5.08. The Labute approximate surface area is 195 Å². The van der Waals surface area contributed by atoms with E-state index >= 15 is 0 Å². The second-order valence-corrected chi connectivity index (χ2v) is 8.32. The topological polar surface area (TPSA) is 87.0 Å². The molecule has 0 saturated heterocycles. The number of Topliss-reactive ketones (excluding diaryl/α,β-unsaturated/α-hetero) is 1. The summed E-state index contributed by atoms with van der Waals surface area (Å²) in [5.74, 6) is -1.11. The molecule has 7 nitrogen and oxygen atoms in total. The Morgan fingerprint density at radius 3 is 2.41 bits per heavy atom. The van der Waals surface area contributed by atoms with Gasteiger partial charge in [-0.3, -0.25) is 9.59 Å². The van der Waals surface area contributed by atoms with Crippen molar-refractivity contribution in [3.05, 3.63) is 76.3 Å². The average molecular weight is 454 g/mol. The zero-order valence-electron chi connectivity index (χ0n) is 19.3. The van der Waals surface area contributed by atoms with E-state index in [9.17, 15) is 14.4 Å². The van der Waals surface area contributed by atoms with Crippen molar-refractivity contribution in [2.45, 2.75) is 34.2 Å². The number of ketones is 2. The first kappa shape index (κ1) is 21.6. The molecule has 7 heteroatoms. The minimum atomic E-state index is -0.651. The van der Waals surface area contributed by atoms with Crippen LogP contribution in [0.15, 0.2) is 53.7 Å². The first-order valence-corrected chi connectivity index (χ1v) is 11.0. The monoisotopic (exact) mass is 454 g/mol. The highest BCUT2D eigenvalue weighted by Gasteiger charge is 2.33. The lowest BCUT2D eigenvalue weighted by molar-refractivity contribution is -0.141. The SMILES string of the molecule is CCn1c2ccc(C(=O)c3c(C)cccc3C)cc2c2c3c(ccc21)C(=O)/C(=N/OC(C)=O)O3. The molecule has 0 atom stereocenters. The molecule has 5 rings (SSSR count). The zero-order valence-corrected chi connectivity index (χ0v) is 19.3. The standard InChI is InChI=1S/C27H22N2O5/c1-5-29-20-11-9-17(24(31)22-14(2)7-6-8-15(22)3)13-19(20)23-21(29)12-10-18-25(32)27(33-26(18)23)28-34-16(4)30/h6-13H,5H2,1-4H3/b28-27-. The number of carbonyl (C=O) groups excluding carboxylic acids is 3. The molecule has 0 unspecified atom stereocenters. The highest BCUT2D eigenvalue weighted by molar-refractivity contribution is 6.47. The van der Waals surface area contributed by atoms with Crippen molar-refractivity contribution in [2.75, 3.05) is 0 Å². The van der Waals surface area contributed by atoms with Gasteiger partial charge in [-0.2, -0.15) is 0 Å². The van der Waals surface area contributed by atoms with Gasteiger partial charge in [0.1, 0.15) is 0 Å². The van der Waals surface area contributed by atoms with E-state index in [1.54, 1.807) is 6.07 Å². The van der Waals surface area contributed by atoms with Crippen LogP contribution in [0.3, 0.4) is 0 Å². The van der Waals surface area contributed by atoms with E-state index in [1.807, 2.05) is 63.2 Å². The van der Waals surface area contributed by atoms with E-state index in [1.165, 1.54) is 6.92 Å². The Bertz CT molecular complexity index is 1560. The largest absolute Gasteiger partial charge is 0.432 e. The Morgan fingerprint density at radius 1 is 1.03 bits per heavy atom. The number of ether oxygens (including phenoxy) is 1. The lowest BCUT2D eigenvalue weighted by Gasteiger charge is -2.09. The predicted octanol–water partition coefficient (Wildman–Crippen LogP) is 5.11. The Morgan fingerprint density at radius 2 is 1.74 bits per heavy atom. The Hall–Kier alpha value is -4.26. The van der Waals surface area contributed by atoms with Gasteiger partial charge in [0.25, 0.3) is 5.78 Å². The number of hydrogen-bond donors (Lipinski definition) is 0. The van der Waals surface area contributed by atoms with E-state index in [4.69, 9.17) is 4.74 Å². The lowest BCUT2D eigenvalue weighted by atomic mass is 9.94. The molecule has 0 aliphatic carbocycles. The molecule has 0 amide bonds. The zero-order chi connectivity index (χ0) is 24.1. The van der Waals surface area contributed by atoms with Gasteiger partial charge >= 0.3 is 11.9 Å². The van der Waals surface area contributed by atoms with Crippen LogP contribution in [0.25, 0.3) is 21.8 Å². The summed E-state index contributed by atoms with van der Waals surface area (Å²) in [6.07, 6.45) is 0. The lowest BCUT2D eigenvalue weighted by Crippen LogP contribution is -2.13. The summed E-state index contributed by atoms with van der Waals surface area (Å²) in [6, 6.07) is 15.0. The average Bonchev–Trinajstić information content (AvgIpc) is 3.31. The summed E-state index contributed by atoms with van der Waals surface area (Å²) in [6.45, 7) is 7.77. The molecule has 2 heterocycles. The van der Waals surface area contributed by atoms with Gasteiger partial charge in [0.2, 0.25) is 0 Å². The summed E-state index contributed by atoms with van der Waals surface area (Å²) >= 11 is 0. The van der Waals surface area contributed by atoms with Crippen molar-refractivity contribution in [1.29, 1.82) is 0 Å². The highest BCUT2D eigenvalue weighted by Crippen LogP contribution is 2.41. The molecule has 1 aliphatic rings. The van der Waals surface area contributed by atoms with Crippen LogP contribution in [-0.2, 0) is 16.2 Å². The van der Waals surface area contributed by atoms with Gasteiger partial charge in [0, 0.05) is 35.5 Å². The third-order valence-corrected chi connectivity index (χ3v) is 6.16. The fourth-order valence-electron chi connectivity index (χ4n) is 4.67. The summed E-state index contributed by atoms with van der Waals surface area (Å²) < 4.78 is 7.90. The minimum Gasteiger partial charge on any atom is -0.432 e. The number of fused-ring (bicyclic) bond motifs is 5. The fraction of sp³-hybridized carbons (Fsp3) is 0.185. The number of aromatic nitrogens is 1. The fourth-order valence-corrected chi connectivity index (χ4v) is 4.67. The quantitative estimate of drug-likeness (QED) is 0.243. The summed E-state index contributed by atoms with van der Waals surface area (Å²) in [4.78, 5) is 42.0. The van der Waals surface area contributed by atoms with E-state index in [0.29, 0.717) is 34.4 Å². The van der Waals surface area contributed by atoms with E-state index in [2.05, 4.69) is 14.6 Å². The normalized spacial score (nSPS) is 14.0. The molecule has 0 spiro atoms. The van der Waals surface area contributed by atoms with Crippen LogP contribution in [0.4, 0.5) is 0 Å². The second-order valence-electron chi connectivity index (χ2n) is 8.32. The van der Waals surface area contributed by atoms with Crippen LogP contribution in [-0.4, -0.2) is 28.0 Å². The van der Waals surface area contributed by atoms with E-state index < -0.39 is 11.8 Å². The molecule has 0 N–H and O–H groups in total. The smallest absolute Gasteiger partial charge is 0.332 e. The molecular formula is C27H22N2O5. The molecule has 34 heavy (non-hydrogen) atoms. The molecule has 1 aromatic heterocycles. The number of rotatable bonds is 4. The maximum atomic E-state index is 13.5. The number of oxime groups is 1. The number of aryl methyl sites for hydroxylation is 3. The predicted molar refractivity (Wildman–Crippen MR) is 129 cm³/mol. The molecule has 0 bridgehead atoms. The molecule has 0 fully saturated rings. The third kappa shape index (κ3) is 3.20. The molecule has 3 aromatic carbocycles. The molecular weight excluding hydrogens is 432 g/mol. The maximum absolute atomic E-state index is 13.5. The van der Waals surface area contributed by atoms with Crippen molar-refractivity contribution in [1.82, 2.24) is 4.57 Å². The maximum Gasteiger partial charge on any atom is 0.332 e. The van der Waals surface area contributed by atoms with Crippen molar-refractivity contribution in [3.8, 4) is 5.75 Å². The number of benzene rings is 3. The van der Waals surface area contributed by atoms with Crippen LogP contribution < -0.4 is 4.74 Å². The van der Waals surface area contributed by atoms with Gasteiger partial charge in [-0.1, -0.05) is 18.2 Å². The van der Waals surface area contributed by atoms with Gasteiger partial charge in [-0.05, 0) is 67.4 Å². The number of carbonyl (C=O) groups is 3. The van der Waals surface area contributed by atoms with Crippen LogP contribution in [0.5, 0.6) is 5.75 Å². The van der Waals surface area contributed by atoms with Crippen LogP contribution in [0.1, 0.15) is 51.3 Å². The third-order valence-electron chi connectivity index (χ3n) is 6.16. The van der Waals surface area contributed by atoms with Crippen LogP contribution >= 0.6 is 0 Å². The van der Waals surface area contributed by atoms with Gasteiger partial charge in [-0.25, -0.2) is 4.79 Å². The molecule has 1 aliphatic heterocycles. The van der Waals surface area contributed by atoms with Crippen LogP contribution in [0.2, 0.25) is 0 Å². The van der Waals surface area contributed by atoms with Gasteiger partial charge in [-0.15, -0.1) is 0 Å². The van der Waals surface area contributed by atoms with Gasteiger partial charge in [0.05, 0.1) is 16.5 Å². The number of nitrogens with zero attached hydrogens (tertiary/aromatic N) is 2. The van der Waals surface area contributed by atoms with Crippen molar-refractivity contribution < 1.29 is 24.0 Å². The van der Waals surface area contributed by atoms with Crippen LogP contribution in [0, 0.1) is 13.8 Å². The minimum absolute atomic E-state index is 0.0587. The van der Waals surface area contributed by atoms with Crippen molar-refractivity contribution in [3.63, 3.8) is 0 Å².